The zero-order valence-electron chi connectivity index (χ0n) is 12.4. The summed E-state index contributed by atoms with van der Waals surface area (Å²) in [7, 11) is 1.89. The fourth-order valence-electron chi connectivity index (χ4n) is 2.11. The number of nitrogens with two attached hydrogens (primary N) is 1. The number of carbonyl (C=O) groups excluding carboxylic acids is 1. The maximum Gasteiger partial charge on any atom is 0.269 e. The zero-order chi connectivity index (χ0) is 14.7. The standard InChI is InChI=1S/C13H20N6O.ClH/c1-8-12(9(2)19(3)18-8)10-7-11(17-16-10)13(20)15-6-4-5-14;/h7H,4-6,14H2,1-3H3,(H,15,20)(H,16,17);1H. The van der Waals surface area contributed by atoms with Crippen LogP contribution < -0.4 is 11.1 Å². The van der Waals surface area contributed by atoms with Gasteiger partial charge in [-0.3, -0.25) is 14.6 Å². The van der Waals surface area contributed by atoms with Crippen LogP contribution in [0, 0.1) is 13.8 Å². The third-order valence-electron chi connectivity index (χ3n) is 3.25. The minimum Gasteiger partial charge on any atom is -0.351 e. The minimum absolute atomic E-state index is 0. The van der Waals surface area contributed by atoms with Gasteiger partial charge < -0.3 is 11.1 Å². The molecule has 0 saturated heterocycles. The van der Waals surface area contributed by atoms with Crippen molar-refractivity contribution in [2.75, 3.05) is 13.1 Å². The monoisotopic (exact) mass is 312 g/mol. The highest BCUT2D eigenvalue weighted by Crippen LogP contribution is 2.24. The number of hydrogen-bond donors (Lipinski definition) is 3. The van der Waals surface area contributed by atoms with Crippen LogP contribution in [0.2, 0.25) is 0 Å². The second kappa shape index (κ2) is 7.24. The summed E-state index contributed by atoms with van der Waals surface area (Å²) in [5.74, 6) is -0.170. The summed E-state index contributed by atoms with van der Waals surface area (Å²) in [6.07, 6.45) is 0.757. The molecule has 0 radical (unpaired) electrons. The third kappa shape index (κ3) is 3.62. The molecule has 8 heteroatoms. The summed E-state index contributed by atoms with van der Waals surface area (Å²) >= 11 is 0. The van der Waals surface area contributed by atoms with Crippen LogP contribution in [0.4, 0.5) is 0 Å². The Morgan fingerprint density at radius 2 is 2.19 bits per heavy atom. The van der Waals surface area contributed by atoms with Gasteiger partial charge in [-0.15, -0.1) is 12.4 Å². The number of hydrogen-bond acceptors (Lipinski definition) is 4. The Bertz CT molecular complexity index is 618. The fourth-order valence-corrected chi connectivity index (χ4v) is 2.11. The molecule has 2 heterocycles. The zero-order valence-corrected chi connectivity index (χ0v) is 13.3. The lowest BCUT2D eigenvalue weighted by Gasteiger charge is -2.00. The van der Waals surface area contributed by atoms with Crippen molar-refractivity contribution in [3.8, 4) is 11.3 Å². The summed E-state index contributed by atoms with van der Waals surface area (Å²) in [5.41, 5.74) is 9.44. The Morgan fingerprint density at radius 1 is 1.48 bits per heavy atom. The number of nitrogens with zero attached hydrogens (tertiary/aromatic N) is 3. The first-order valence-corrected chi connectivity index (χ1v) is 6.58. The number of halogens is 1. The summed E-state index contributed by atoms with van der Waals surface area (Å²) in [6, 6.07) is 1.74. The van der Waals surface area contributed by atoms with E-state index >= 15 is 0 Å². The molecular formula is C13H21ClN6O. The highest BCUT2D eigenvalue weighted by molar-refractivity contribution is 5.93. The van der Waals surface area contributed by atoms with E-state index in [1.807, 2.05) is 20.9 Å². The number of aromatic nitrogens is 4. The van der Waals surface area contributed by atoms with Gasteiger partial charge in [-0.1, -0.05) is 0 Å². The maximum atomic E-state index is 11.9. The number of aryl methyl sites for hydroxylation is 2. The average Bonchev–Trinajstić information content (AvgIpc) is 2.96. The second-order valence-electron chi connectivity index (χ2n) is 4.73. The third-order valence-corrected chi connectivity index (χ3v) is 3.25. The molecule has 0 aliphatic carbocycles. The predicted molar refractivity (Wildman–Crippen MR) is 83.5 cm³/mol. The van der Waals surface area contributed by atoms with E-state index in [-0.39, 0.29) is 18.3 Å². The molecule has 0 bridgehead atoms. The maximum absolute atomic E-state index is 11.9. The lowest BCUT2D eigenvalue weighted by molar-refractivity contribution is 0.0948. The summed E-state index contributed by atoms with van der Waals surface area (Å²) < 4.78 is 1.81. The molecule has 2 rings (SSSR count). The van der Waals surface area contributed by atoms with Gasteiger partial charge in [-0.25, -0.2) is 0 Å². The van der Waals surface area contributed by atoms with E-state index in [1.165, 1.54) is 0 Å². The van der Waals surface area contributed by atoms with Crippen LogP contribution in [0.5, 0.6) is 0 Å². The molecule has 1 amide bonds. The summed E-state index contributed by atoms with van der Waals surface area (Å²) in [4.78, 5) is 11.9. The van der Waals surface area contributed by atoms with Crippen LogP contribution >= 0.6 is 12.4 Å². The van der Waals surface area contributed by atoms with Crippen molar-refractivity contribution in [1.82, 2.24) is 25.3 Å². The van der Waals surface area contributed by atoms with E-state index in [0.717, 1.165) is 29.1 Å². The first-order valence-electron chi connectivity index (χ1n) is 6.58. The molecule has 7 nitrogen and oxygen atoms in total. The van der Waals surface area contributed by atoms with E-state index in [9.17, 15) is 4.79 Å². The summed E-state index contributed by atoms with van der Waals surface area (Å²) in [6.45, 7) is 5.03. The van der Waals surface area contributed by atoms with Crippen LogP contribution in [0.15, 0.2) is 6.07 Å². The second-order valence-corrected chi connectivity index (χ2v) is 4.73. The van der Waals surface area contributed by atoms with Gasteiger partial charge in [0.25, 0.3) is 5.91 Å². The Morgan fingerprint density at radius 3 is 2.76 bits per heavy atom. The molecule has 0 unspecified atom stereocenters. The number of amides is 1. The average molecular weight is 313 g/mol. The van der Waals surface area contributed by atoms with Crippen molar-refractivity contribution in [2.24, 2.45) is 12.8 Å². The normalized spacial score (nSPS) is 10.3. The molecule has 0 aliphatic rings. The number of H-pyrrole nitrogens is 1. The molecule has 4 N–H and O–H groups in total. The molecule has 0 aliphatic heterocycles. The van der Waals surface area contributed by atoms with Crippen molar-refractivity contribution in [1.29, 1.82) is 0 Å². The van der Waals surface area contributed by atoms with Crippen LogP contribution in [0.1, 0.15) is 28.3 Å². The van der Waals surface area contributed by atoms with Crippen LogP contribution in [-0.4, -0.2) is 39.0 Å². The molecule has 116 valence electrons. The van der Waals surface area contributed by atoms with E-state index in [4.69, 9.17) is 5.73 Å². The van der Waals surface area contributed by atoms with Gasteiger partial charge in [0.15, 0.2) is 0 Å². The molecule has 0 spiro atoms. The van der Waals surface area contributed by atoms with Crippen molar-refractivity contribution in [2.45, 2.75) is 20.3 Å². The van der Waals surface area contributed by atoms with E-state index in [1.54, 1.807) is 10.7 Å². The van der Waals surface area contributed by atoms with Crippen LogP contribution in [0.3, 0.4) is 0 Å². The Kier molecular flexibility index (Phi) is 5.92. The van der Waals surface area contributed by atoms with Crippen molar-refractivity contribution in [3.63, 3.8) is 0 Å². The topological polar surface area (TPSA) is 102 Å². The lowest BCUT2D eigenvalue weighted by Crippen LogP contribution is -2.26. The molecule has 2 aromatic heterocycles. The van der Waals surface area contributed by atoms with Crippen LogP contribution in [-0.2, 0) is 7.05 Å². The van der Waals surface area contributed by atoms with Gasteiger partial charge in [-0.05, 0) is 32.9 Å². The molecule has 2 aromatic rings. The van der Waals surface area contributed by atoms with Crippen molar-refractivity contribution >= 4 is 18.3 Å². The minimum atomic E-state index is -0.170. The van der Waals surface area contributed by atoms with Gasteiger partial charge in [0.1, 0.15) is 5.69 Å². The number of rotatable bonds is 5. The predicted octanol–water partition coefficient (Wildman–Crippen LogP) is 0.927. The van der Waals surface area contributed by atoms with E-state index in [2.05, 4.69) is 20.6 Å². The number of aromatic amines is 1. The van der Waals surface area contributed by atoms with Gasteiger partial charge >= 0.3 is 0 Å². The van der Waals surface area contributed by atoms with Gasteiger partial charge in [-0.2, -0.15) is 10.2 Å². The van der Waals surface area contributed by atoms with E-state index < -0.39 is 0 Å². The van der Waals surface area contributed by atoms with Gasteiger partial charge in [0, 0.05) is 24.8 Å². The molecule has 0 saturated carbocycles. The Labute approximate surface area is 129 Å². The van der Waals surface area contributed by atoms with Crippen molar-refractivity contribution < 1.29 is 4.79 Å². The molecule has 0 fully saturated rings. The SMILES string of the molecule is Cc1nn(C)c(C)c1-c1cc(C(=O)NCCCN)[nH]n1.Cl. The fraction of sp³-hybridized carbons (Fsp3) is 0.462. The molecule has 0 atom stereocenters. The highest BCUT2D eigenvalue weighted by Gasteiger charge is 2.16. The number of carbonyl (C=O) groups is 1. The van der Waals surface area contributed by atoms with Gasteiger partial charge in [0.2, 0.25) is 0 Å². The number of nitrogens with one attached hydrogen (secondary N) is 2. The smallest absolute Gasteiger partial charge is 0.269 e. The van der Waals surface area contributed by atoms with Crippen molar-refractivity contribution in [3.05, 3.63) is 23.1 Å². The summed E-state index contributed by atoms with van der Waals surface area (Å²) in [5, 5.41) is 14.1. The quantitative estimate of drug-likeness (QED) is 0.715. The first kappa shape index (κ1) is 17.2. The van der Waals surface area contributed by atoms with Gasteiger partial charge in [0.05, 0.1) is 11.4 Å². The van der Waals surface area contributed by atoms with E-state index in [0.29, 0.717) is 18.8 Å². The Hall–Kier alpha value is -1.86. The largest absolute Gasteiger partial charge is 0.351 e. The Balaban J connectivity index is 0.00000220. The molecule has 0 aromatic carbocycles. The lowest BCUT2D eigenvalue weighted by atomic mass is 10.1. The van der Waals surface area contributed by atoms with Crippen LogP contribution in [0.25, 0.3) is 11.3 Å². The molecular weight excluding hydrogens is 292 g/mol. The first-order chi connectivity index (χ1) is 9.54. The molecule has 21 heavy (non-hydrogen) atoms. The highest BCUT2D eigenvalue weighted by atomic mass is 35.5.